The highest BCUT2D eigenvalue weighted by molar-refractivity contribution is 7.22. The first-order valence-electron chi connectivity index (χ1n) is 9.32. The predicted octanol–water partition coefficient (Wildman–Crippen LogP) is 6.25. The third-order valence-corrected chi connectivity index (χ3v) is 5.73. The lowest BCUT2D eigenvalue weighted by Crippen LogP contribution is -1.93. The molecule has 0 spiro atoms. The van der Waals surface area contributed by atoms with E-state index in [0.29, 0.717) is 5.02 Å². The summed E-state index contributed by atoms with van der Waals surface area (Å²) in [6.07, 6.45) is 3.73. The van der Waals surface area contributed by atoms with Crippen molar-refractivity contribution in [3.63, 3.8) is 0 Å². The number of hydrogen-bond acceptors (Lipinski definition) is 5. The number of nitrogens with zero attached hydrogens (tertiary/aromatic N) is 4. The Morgan fingerprint density at radius 1 is 0.933 bits per heavy atom. The molecule has 3 aromatic carbocycles. The number of rotatable bonds is 5. The van der Waals surface area contributed by atoms with Gasteiger partial charge in [-0.3, -0.25) is 5.43 Å². The van der Waals surface area contributed by atoms with Crippen LogP contribution in [0.5, 0.6) is 0 Å². The fraction of sp³-hybridized carbons (Fsp3) is 0. The maximum Gasteiger partial charge on any atom is 0.204 e. The zero-order valence-electron chi connectivity index (χ0n) is 15.7. The molecule has 5 nitrogen and oxygen atoms in total. The molecule has 30 heavy (non-hydrogen) atoms. The van der Waals surface area contributed by atoms with Gasteiger partial charge in [0.25, 0.3) is 0 Å². The van der Waals surface area contributed by atoms with Crippen LogP contribution >= 0.6 is 22.9 Å². The van der Waals surface area contributed by atoms with Gasteiger partial charge in [-0.05, 0) is 36.4 Å². The zero-order valence-corrected chi connectivity index (χ0v) is 17.3. The number of fused-ring (bicyclic) bond motifs is 1. The number of halogens is 1. The van der Waals surface area contributed by atoms with Crippen LogP contribution in [0.15, 0.2) is 90.2 Å². The smallest absolute Gasteiger partial charge is 0.204 e. The van der Waals surface area contributed by atoms with Gasteiger partial charge in [0.2, 0.25) is 5.13 Å². The van der Waals surface area contributed by atoms with E-state index >= 15 is 0 Å². The van der Waals surface area contributed by atoms with Gasteiger partial charge in [-0.15, -0.1) is 0 Å². The van der Waals surface area contributed by atoms with Gasteiger partial charge >= 0.3 is 0 Å². The van der Waals surface area contributed by atoms with E-state index in [2.05, 4.69) is 15.5 Å². The molecule has 0 aliphatic rings. The van der Waals surface area contributed by atoms with Crippen molar-refractivity contribution in [3.05, 3.63) is 95.6 Å². The SMILES string of the molecule is Clc1ccc(-c2nn(-c3ccccc3)cc2/C=N/Nc2nc3ccccc3s2)cc1. The summed E-state index contributed by atoms with van der Waals surface area (Å²) < 4.78 is 2.97. The summed E-state index contributed by atoms with van der Waals surface area (Å²) in [5, 5.41) is 10.6. The van der Waals surface area contributed by atoms with E-state index in [1.165, 1.54) is 0 Å². The monoisotopic (exact) mass is 429 g/mol. The van der Waals surface area contributed by atoms with Gasteiger partial charge in [-0.2, -0.15) is 10.2 Å². The summed E-state index contributed by atoms with van der Waals surface area (Å²) in [7, 11) is 0. The second kappa shape index (κ2) is 8.10. The molecular formula is C23H16ClN5S. The van der Waals surface area contributed by atoms with Crippen LogP contribution in [0.25, 0.3) is 27.2 Å². The van der Waals surface area contributed by atoms with Crippen molar-refractivity contribution in [1.29, 1.82) is 0 Å². The van der Waals surface area contributed by atoms with Crippen molar-refractivity contribution in [1.82, 2.24) is 14.8 Å². The van der Waals surface area contributed by atoms with E-state index in [1.54, 1.807) is 17.6 Å². The lowest BCUT2D eigenvalue weighted by atomic mass is 10.1. The van der Waals surface area contributed by atoms with Crippen LogP contribution < -0.4 is 5.43 Å². The maximum absolute atomic E-state index is 6.06. The molecule has 2 heterocycles. The molecule has 0 unspecified atom stereocenters. The Labute approximate surface area is 182 Å². The van der Waals surface area contributed by atoms with Crippen molar-refractivity contribution < 1.29 is 0 Å². The summed E-state index contributed by atoms with van der Waals surface area (Å²) in [5.41, 5.74) is 7.65. The van der Waals surface area contributed by atoms with E-state index in [-0.39, 0.29) is 0 Å². The Morgan fingerprint density at radius 3 is 2.50 bits per heavy atom. The van der Waals surface area contributed by atoms with Gasteiger partial charge in [-0.1, -0.05) is 65.4 Å². The van der Waals surface area contributed by atoms with Gasteiger partial charge in [0.1, 0.15) is 5.69 Å². The van der Waals surface area contributed by atoms with Gasteiger partial charge < -0.3 is 0 Å². The highest BCUT2D eigenvalue weighted by atomic mass is 35.5. The number of nitrogens with one attached hydrogen (secondary N) is 1. The van der Waals surface area contributed by atoms with E-state index in [0.717, 1.165) is 37.9 Å². The molecule has 0 fully saturated rings. The fourth-order valence-corrected chi connectivity index (χ4v) is 4.05. The van der Waals surface area contributed by atoms with Crippen molar-refractivity contribution in [2.45, 2.75) is 0 Å². The van der Waals surface area contributed by atoms with Gasteiger partial charge in [0.05, 0.1) is 22.1 Å². The highest BCUT2D eigenvalue weighted by Gasteiger charge is 2.11. The molecule has 0 bridgehead atoms. The quantitative estimate of drug-likeness (QED) is 0.265. The third kappa shape index (κ3) is 3.83. The molecule has 0 atom stereocenters. The molecule has 5 rings (SSSR count). The molecule has 5 aromatic rings. The normalized spacial score (nSPS) is 11.4. The second-order valence-electron chi connectivity index (χ2n) is 6.58. The molecule has 2 aromatic heterocycles. The molecular weight excluding hydrogens is 414 g/mol. The number of para-hydroxylation sites is 2. The molecule has 1 N–H and O–H groups in total. The van der Waals surface area contributed by atoms with Crippen molar-refractivity contribution in [2.24, 2.45) is 5.10 Å². The second-order valence-corrected chi connectivity index (χ2v) is 8.04. The van der Waals surface area contributed by atoms with E-state index in [1.807, 2.05) is 89.7 Å². The number of thiazole rings is 1. The van der Waals surface area contributed by atoms with Crippen LogP contribution in [0.1, 0.15) is 5.56 Å². The Kier molecular flexibility index (Phi) is 5.01. The molecule has 146 valence electrons. The molecule has 0 saturated heterocycles. The minimum absolute atomic E-state index is 0.689. The number of anilines is 1. The summed E-state index contributed by atoms with van der Waals surface area (Å²) in [4.78, 5) is 4.55. The first-order chi connectivity index (χ1) is 14.8. The molecule has 0 aliphatic carbocycles. The summed E-state index contributed by atoms with van der Waals surface area (Å²) >= 11 is 7.62. The number of benzene rings is 3. The molecule has 7 heteroatoms. The van der Waals surface area contributed by atoms with E-state index in [4.69, 9.17) is 16.7 Å². The van der Waals surface area contributed by atoms with Crippen LogP contribution in [-0.4, -0.2) is 21.0 Å². The maximum atomic E-state index is 6.06. The molecule has 0 aliphatic heterocycles. The van der Waals surface area contributed by atoms with Crippen LogP contribution in [0.2, 0.25) is 5.02 Å². The van der Waals surface area contributed by atoms with E-state index < -0.39 is 0 Å². The number of aromatic nitrogens is 3. The van der Waals surface area contributed by atoms with Crippen molar-refractivity contribution in [2.75, 3.05) is 5.43 Å². The Balaban J connectivity index is 1.48. The van der Waals surface area contributed by atoms with Crippen molar-refractivity contribution in [3.8, 4) is 16.9 Å². The lowest BCUT2D eigenvalue weighted by molar-refractivity contribution is 0.884. The predicted molar refractivity (Wildman–Crippen MR) is 125 cm³/mol. The van der Waals surface area contributed by atoms with E-state index in [9.17, 15) is 0 Å². The summed E-state index contributed by atoms with van der Waals surface area (Å²) in [6.45, 7) is 0. The van der Waals surface area contributed by atoms with Gasteiger partial charge in [-0.25, -0.2) is 9.67 Å². The first kappa shape index (κ1) is 18.5. The summed E-state index contributed by atoms with van der Waals surface area (Å²) in [6, 6.07) is 25.6. The Hall–Kier alpha value is -3.48. The average molecular weight is 430 g/mol. The Bertz CT molecular complexity index is 1290. The molecule has 0 saturated carbocycles. The van der Waals surface area contributed by atoms with Crippen LogP contribution in [-0.2, 0) is 0 Å². The standard InChI is InChI=1S/C23H16ClN5S/c24-18-12-10-16(11-13-18)22-17(15-29(28-22)19-6-2-1-3-7-19)14-25-27-23-26-20-8-4-5-9-21(20)30-23/h1-15H,(H,26,27)/b25-14+. The fourth-order valence-electron chi connectivity index (χ4n) is 3.10. The van der Waals surface area contributed by atoms with Crippen LogP contribution in [0, 0.1) is 0 Å². The largest absolute Gasteiger partial charge is 0.253 e. The third-order valence-electron chi connectivity index (χ3n) is 4.54. The van der Waals surface area contributed by atoms with Crippen LogP contribution in [0.3, 0.4) is 0 Å². The Morgan fingerprint density at radius 2 is 1.70 bits per heavy atom. The first-order valence-corrected chi connectivity index (χ1v) is 10.5. The lowest BCUT2D eigenvalue weighted by Gasteiger charge is -2.00. The van der Waals surface area contributed by atoms with Crippen LogP contribution in [0.4, 0.5) is 5.13 Å². The molecule has 0 amide bonds. The van der Waals surface area contributed by atoms with Gasteiger partial charge in [0.15, 0.2) is 0 Å². The minimum atomic E-state index is 0.689. The summed E-state index contributed by atoms with van der Waals surface area (Å²) in [5.74, 6) is 0. The number of hydrogen-bond donors (Lipinski definition) is 1. The van der Waals surface area contributed by atoms with Gasteiger partial charge in [0, 0.05) is 22.3 Å². The van der Waals surface area contributed by atoms with Crippen molar-refractivity contribution >= 4 is 44.5 Å². The zero-order chi connectivity index (χ0) is 20.3. The number of hydrazone groups is 1. The topological polar surface area (TPSA) is 55.1 Å². The molecule has 0 radical (unpaired) electrons. The highest BCUT2D eigenvalue weighted by Crippen LogP contribution is 2.26. The minimum Gasteiger partial charge on any atom is -0.253 e. The average Bonchev–Trinajstić information content (AvgIpc) is 3.39.